The molecule has 0 aliphatic rings. The minimum absolute atomic E-state index is 0.511. The molecule has 0 aromatic carbocycles. The van der Waals surface area contributed by atoms with Crippen LogP contribution in [-0.2, 0) is 6.54 Å². The summed E-state index contributed by atoms with van der Waals surface area (Å²) < 4.78 is 5.29. The van der Waals surface area contributed by atoms with Gasteiger partial charge in [0.25, 0.3) is 0 Å². The van der Waals surface area contributed by atoms with E-state index in [2.05, 4.69) is 29.1 Å². The van der Waals surface area contributed by atoms with Crippen molar-refractivity contribution in [1.82, 2.24) is 15.3 Å². The molecule has 0 saturated heterocycles. The predicted octanol–water partition coefficient (Wildman–Crippen LogP) is 2.56. The summed E-state index contributed by atoms with van der Waals surface area (Å²) in [5.74, 6) is 1.76. The van der Waals surface area contributed by atoms with E-state index in [4.69, 9.17) is 4.42 Å². The summed E-state index contributed by atoms with van der Waals surface area (Å²) in [5, 5.41) is 3.38. The van der Waals surface area contributed by atoms with Gasteiger partial charge in [0.2, 0.25) is 0 Å². The van der Waals surface area contributed by atoms with Crippen LogP contribution in [0, 0.1) is 0 Å². The summed E-state index contributed by atoms with van der Waals surface area (Å²) in [6, 6.07) is 4.30. The van der Waals surface area contributed by atoms with Gasteiger partial charge >= 0.3 is 0 Å². The van der Waals surface area contributed by atoms with Gasteiger partial charge in [0.05, 0.1) is 19.0 Å². The Balaban J connectivity index is 1.98. The molecular weight excluding hydrogens is 202 g/mol. The lowest BCUT2D eigenvalue weighted by molar-refractivity contribution is 0.524. The third-order valence-electron chi connectivity index (χ3n) is 2.65. The summed E-state index contributed by atoms with van der Waals surface area (Å²) in [4.78, 5) is 7.53. The zero-order valence-corrected chi connectivity index (χ0v) is 9.66. The number of nitrogens with zero attached hydrogens (tertiary/aromatic N) is 1. The number of hydrogen-bond donors (Lipinski definition) is 2. The average Bonchev–Trinajstić information content (AvgIpc) is 2.95. The van der Waals surface area contributed by atoms with Gasteiger partial charge in [-0.05, 0) is 25.5 Å². The Kier molecular flexibility index (Phi) is 3.41. The molecule has 2 aromatic heterocycles. The van der Waals surface area contributed by atoms with Gasteiger partial charge in [-0.1, -0.05) is 6.92 Å². The van der Waals surface area contributed by atoms with Crippen molar-refractivity contribution in [2.75, 3.05) is 0 Å². The number of aromatic amines is 1. The van der Waals surface area contributed by atoms with E-state index in [1.54, 1.807) is 12.5 Å². The molecule has 0 aliphatic heterocycles. The predicted molar refractivity (Wildman–Crippen MR) is 62.9 cm³/mol. The third kappa shape index (κ3) is 2.52. The minimum Gasteiger partial charge on any atom is -0.463 e. The molecule has 0 aliphatic carbocycles. The van der Waals surface area contributed by atoms with Crippen LogP contribution >= 0.6 is 0 Å². The first kappa shape index (κ1) is 11.0. The highest BCUT2D eigenvalue weighted by atomic mass is 16.3. The number of rotatable bonds is 5. The van der Waals surface area contributed by atoms with Crippen molar-refractivity contribution in [2.45, 2.75) is 32.9 Å². The second kappa shape index (κ2) is 4.99. The molecule has 0 spiro atoms. The summed E-state index contributed by atoms with van der Waals surface area (Å²) in [6.07, 6.45) is 4.57. The molecule has 0 bridgehead atoms. The first-order valence-electron chi connectivity index (χ1n) is 5.60. The summed E-state index contributed by atoms with van der Waals surface area (Å²) in [7, 11) is 0. The van der Waals surface area contributed by atoms with Crippen molar-refractivity contribution in [3.8, 4) is 11.5 Å². The molecule has 1 unspecified atom stereocenters. The molecule has 2 N–H and O–H groups in total. The molecule has 2 rings (SSSR count). The summed E-state index contributed by atoms with van der Waals surface area (Å²) in [6.45, 7) is 5.08. The highest BCUT2D eigenvalue weighted by molar-refractivity contribution is 5.50. The van der Waals surface area contributed by atoms with Gasteiger partial charge in [-0.15, -0.1) is 0 Å². The van der Waals surface area contributed by atoms with Crippen LogP contribution in [0.15, 0.2) is 29.0 Å². The van der Waals surface area contributed by atoms with Gasteiger partial charge in [-0.2, -0.15) is 0 Å². The molecule has 1 atom stereocenters. The normalized spacial score (nSPS) is 12.9. The standard InChI is InChI=1S/C12H17N3O/c1-3-9(2)13-8-12-14-7-10(15-12)11-5-4-6-16-11/h4-7,9,13H,3,8H2,1-2H3,(H,14,15). The Morgan fingerprint density at radius 2 is 2.44 bits per heavy atom. The van der Waals surface area contributed by atoms with Crippen LogP contribution in [0.25, 0.3) is 11.5 Å². The number of aromatic nitrogens is 2. The van der Waals surface area contributed by atoms with Crippen LogP contribution in [0.5, 0.6) is 0 Å². The fourth-order valence-corrected chi connectivity index (χ4v) is 1.42. The molecule has 0 radical (unpaired) electrons. The fourth-order valence-electron chi connectivity index (χ4n) is 1.42. The maximum Gasteiger partial charge on any atom is 0.151 e. The highest BCUT2D eigenvalue weighted by Crippen LogP contribution is 2.16. The van der Waals surface area contributed by atoms with Gasteiger partial charge in [-0.25, -0.2) is 4.98 Å². The quantitative estimate of drug-likeness (QED) is 0.812. The van der Waals surface area contributed by atoms with Crippen molar-refractivity contribution < 1.29 is 4.42 Å². The molecule has 0 saturated carbocycles. The Hall–Kier alpha value is -1.55. The summed E-state index contributed by atoms with van der Waals surface area (Å²) >= 11 is 0. The van der Waals surface area contributed by atoms with E-state index < -0.39 is 0 Å². The molecule has 2 heterocycles. The zero-order chi connectivity index (χ0) is 11.4. The van der Waals surface area contributed by atoms with Crippen LogP contribution in [0.3, 0.4) is 0 Å². The van der Waals surface area contributed by atoms with Gasteiger partial charge in [0.15, 0.2) is 5.76 Å². The molecule has 4 nitrogen and oxygen atoms in total. The van der Waals surface area contributed by atoms with E-state index in [1.807, 2.05) is 12.1 Å². The number of nitrogens with one attached hydrogen (secondary N) is 2. The largest absolute Gasteiger partial charge is 0.463 e. The number of hydrogen-bond acceptors (Lipinski definition) is 3. The van der Waals surface area contributed by atoms with E-state index in [9.17, 15) is 0 Å². The van der Waals surface area contributed by atoms with Crippen molar-refractivity contribution in [3.05, 3.63) is 30.4 Å². The van der Waals surface area contributed by atoms with Gasteiger partial charge in [0.1, 0.15) is 11.5 Å². The van der Waals surface area contributed by atoms with Crippen molar-refractivity contribution in [1.29, 1.82) is 0 Å². The van der Waals surface area contributed by atoms with E-state index >= 15 is 0 Å². The fraction of sp³-hybridized carbons (Fsp3) is 0.417. The van der Waals surface area contributed by atoms with Crippen molar-refractivity contribution >= 4 is 0 Å². The van der Waals surface area contributed by atoms with Gasteiger partial charge < -0.3 is 14.7 Å². The second-order valence-corrected chi connectivity index (χ2v) is 3.91. The first-order chi connectivity index (χ1) is 7.79. The van der Waals surface area contributed by atoms with E-state index in [0.29, 0.717) is 6.04 Å². The van der Waals surface area contributed by atoms with E-state index in [-0.39, 0.29) is 0 Å². The maximum atomic E-state index is 5.29. The smallest absolute Gasteiger partial charge is 0.151 e. The van der Waals surface area contributed by atoms with E-state index in [0.717, 1.165) is 30.2 Å². The van der Waals surface area contributed by atoms with Crippen LogP contribution in [0.2, 0.25) is 0 Å². The van der Waals surface area contributed by atoms with Crippen molar-refractivity contribution in [3.63, 3.8) is 0 Å². The lowest BCUT2D eigenvalue weighted by Gasteiger charge is -2.08. The maximum absolute atomic E-state index is 5.29. The minimum atomic E-state index is 0.511. The van der Waals surface area contributed by atoms with Gasteiger partial charge in [0, 0.05) is 6.04 Å². The molecule has 0 amide bonds. The Morgan fingerprint density at radius 3 is 3.12 bits per heavy atom. The van der Waals surface area contributed by atoms with Crippen LogP contribution < -0.4 is 5.32 Å². The van der Waals surface area contributed by atoms with E-state index in [1.165, 1.54) is 0 Å². The topological polar surface area (TPSA) is 53.9 Å². The Bertz CT molecular complexity index is 419. The van der Waals surface area contributed by atoms with Gasteiger partial charge in [-0.3, -0.25) is 0 Å². The average molecular weight is 219 g/mol. The molecule has 0 fully saturated rings. The molecular formula is C12H17N3O. The Morgan fingerprint density at radius 1 is 1.56 bits per heavy atom. The Labute approximate surface area is 95.1 Å². The number of H-pyrrole nitrogens is 1. The van der Waals surface area contributed by atoms with Crippen LogP contribution in [-0.4, -0.2) is 16.0 Å². The molecule has 4 heteroatoms. The summed E-state index contributed by atoms with van der Waals surface area (Å²) in [5.41, 5.74) is 0.922. The highest BCUT2D eigenvalue weighted by Gasteiger charge is 2.05. The molecule has 16 heavy (non-hydrogen) atoms. The zero-order valence-electron chi connectivity index (χ0n) is 9.66. The van der Waals surface area contributed by atoms with Crippen molar-refractivity contribution in [2.24, 2.45) is 0 Å². The molecule has 2 aromatic rings. The second-order valence-electron chi connectivity index (χ2n) is 3.91. The number of imidazole rings is 1. The van der Waals surface area contributed by atoms with Crippen LogP contribution in [0.1, 0.15) is 26.1 Å². The lowest BCUT2D eigenvalue weighted by atomic mass is 10.2. The lowest BCUT2D eigenvalue weighted by Crippen LogP contribution is -2.24. The molecule has 86 valence electrons. The monoisotopic (exact) mass is 219 g/mol. The number of furan rings is 1. The SMILES string of the molecule is CCC(C)NCc1ncc(-c2ccco2)[nH]1. The van der Waals surface area contributed by atoms with Crippen LogP contribution in [0.4, 0.5) is 0 Å². The first-order valence-corrected chi connectivity index (χ1v) is 5.60. The third-order valence-corrected chi connectivity index (χ3v) is 2.65.